The van der Waals surface area contributed by atoms with Gasteiger partial charge in [-0.05, 0) is 55.8 Å². The predicted molar refractivity (Wildman–Crippen MR) is 95.6 cm³/mol. The number of nitrogens with zero attached hydrogens (tertiary/aromatic N) is 2. The summed E-state index contributed by atoms with van der Waals surface area (Å²) in [6.45, 7) is 2.77. The third kappa shape index (κ3) is 4.28. The Labute approximate surface area is 163 Å². The van der Waals surface area contributed by atoms with E-state index < -0.39 is 35.8 Å². The first-order valence-corrected chi connectivity index (χ1v) is 8.54. The fraction of sp³-hybridized carbons (Fsp3) is 0.200. The molecule has 9 heteroatoms. The van der Waals surface area contributed by atoms with E-state index in [9.17, 15) is 26.7 Å². The first-order chi connectivity index (χ1) is 13.6. The number of aromatic nitrogens is 2. The predicted octanol–water partition coefficient (Wildman–Crippen LogP) is 4.72. The molecule has 1 amide bonds. The molecule has 3 rings (SSSR count). The minimum Gasteiger partial charge on any atom is -0.348 e. The highest BCUT2D eigenvalue weighted by Gasteiger charge is 2.34. The number of hydrogen-bond donors (Lipinski definition) is 1. The quantitative estimate of drug-likeness (QED) is 0.634. The van der Waals surface area contributed by atoms with E-state index in [1.165, 1.54) is 28.9 Å². The standard InChI is InChI=1S/C20H16F5N3O/c1-11-18(12(2)28(27-11)16-7-5-14(21)6-8-16)19(29)26-10-13-3-4-15(22)9-17(13)20(23,24)25/h3-9H,10H2,1-2H3,(H,26,29). The van der Waals surface area contributed by atoms with Crippen molar-refractivity contribution in [2.24, 2.45) is 0 Å². The molecule has 0 atom stereocenters. The zero-order chi connectivity index (χ0) is 21.3. The summed E-state index contributed by atoms with van der Waals surface area (Å²) in [6, 6.07) is 7.76. The maximum absolute atomic E-state index is 13.2. The maximum Gasteiger partial charge on any atom is 0.416 e. The minimum atomic E-state index is -4.75. The van der Waals surface area contributed by atoms with Gasteiger partial charge in [0.2, 0.25) is 0 Å². The summed E-state index contributed by atoms with van der Waals surface area (Å²) in [4.78, 5) is 12.6. The first-order valence-electron chi connectivity index (χ1n) is 8.54. The molecule has 0 aliphatic heterocycles. The number of amides is 1. The van der Waals surface area contributed by atoms with Crippen molar-refractivity contribution in [3.63, 3.8) is 0 Å². The van der Waals surface area contributed by atoms with Crippen LogP contribution in [0.2, 0.25) is 0 Å². The third-order valence-electron chi connectivity index (χ3n) is 4.41. The molecule has 1 heterocycles. The van der Waals surface area contributed by atoms with Crippen LogP contribution in [0.3, 0.4) is 0 Å². The highest BCUT2D eigenvalue weighted by molar-refractivity contribution is 5.96. The molecule has 3 aromatic rings. The van der Waals surface area contributed by atoms with Gasteiger partial charge in [0, 0.05) is 6.54 Å². The zero-order valence-electron chi connectivity index (χ0n) is 15.4. The molecule has 0 saturated heterocycles. The molecule has 4 nitrogen and oxygen atoms in total. The van der Waals surface area contributed by atoms with Crippen LogP contribution in [0.5, 0.6) is 0 Å². The van der Waals surface area contributed by atoms with Crippen molar-refractivity contribution in [2.45, 2.75) is 26.6 Å². The summed E-state index contributed by atoms with van der Waals surface area (Å²) in [5.74, 6) is -2.06. The molecule has 0 radical (unpaired) electrons. The van der Waals surface area contributed by atoms with E-state index in [4.69, 9.17) is 0 Å². The number of halogens is 5. The van der Waals surface area contributed by atoms with Crippen molar-refractivity contribution in [2.75, 3.05) is 0 Å². The van der Waals surface area contributed by atoms with Crippen LogP contribution in [0.4, 0.5) is 22.0 Å². The third-order valence-corrected chi connectivity index (χ3v) is 4.41. The molecule has 1 aromatic heterocycles. The second-order valence-electron chi connectivity index (χ2n) is 6.42. The molecular weight excluding hydrogens is 393 g/mol. The SMILES string of the molecule is Cc1nn(-c2ccc(F)cc2)c(C)c1C(=O)NCc1ccc(F)cc1C(F)(F)F. The molecule has 29 heavy (non-hydrogen) atoms. The van der Waals surface area contributed by atoms with Crippen molar-refractivity contribution >= 4 is 5.91 Å². The Bertz CT molecular complexity index is 1060. The van der Waals surface area contributed by atoms with Crippen LogP contribution in [-0.4, -0.2) is 15.7 Å². The van der Waals surface area contributed by atoms with Gasteiger partial charge < -0.3 is 5.32 Å². The van der Waals surface area contributed by atoms with Crippen molar-refractivity contribution in [3.05, 3.63) is 82.2 Å². The van der Waals surface area contributed by atoms with E-state index in [0.717, 1.165) is 12.1 Å². The van der Waals surface area contributed by atoms with E-state index >= 15 is 0 Å². The van der Waals surface area contributed by atoms with Crippen LogP contribution in [0.15, 0.2) is 42.5 Å². The summed E-state index contributed by atoms with van der Waals surface area (Å²) in [5, 5.41) is 6.69. The maximum atomic E-state index is 13.2. The van der Waals surface area contributed by atoms with E-state index in [2.05, 4.69) is 10.4 Å². The molecule has 2 aromatic carbocycles. The normalized spacial score (nSPS) is 11.6. The number of aryl methyl sites for hydroxylation is 1. The van der Waals surface area contributed by atoms with Gasteiger partial charge in [-0.3, -0.25) is 4.79 Å². The van der Waals surface area contributed by atoms with Crippen LogP contribution < -0.4 is 5.32 Å². The summed E-state index contributed by atoms with van der Waals surface area (Å²) < 4.78 is 67.1. The number of nitrogens with one attached hydrogen (secondary N) is 1. The second-order valence-corrected chi connectivity index (χ2v) is 6.42. The molecule has 0 unspecified atom stereocenters. The van der Waals surface area contributed by atoms with Crippen LogP contribution in [0.25, 0.3) is 5.69 Å². The van der Waals surface area contributed by atoms with E-state index in [1.807, 2.05) is 0 Å². The Hall–Kier alpha value is -3.23. The molecule has 0 aliphatic rings. The lowest BCUT2D eigenvalue weighted by Crippen LogP contribution is -2.25. The van der Waals surface area contributed by atoms with Crippen LogP contribution in [0.1, 0.15) is 32.9 Å². The Morgan fingerprint density at radius 2 is 1.66 bits per heavy atom. The second kappa shape index (κ2) is 7.65. The lowest BCUT2D eigenvalue weighted by molar-refractivity contribution is -0.138. The molecule has 0 bridgehead atoms. The van der Waals surface area contributed by atoms with E-state index in [0.29, 0.717) is 23.1 Å². The highest BCUT2D eigenvalue weighted by Crippen LogP contribution is 2.32. The summed E-state index contributed by atoms with van der Waals surface area (Å²) in [6.07, 6.45) is -4.75. The average molecular weight is 409 g/mol. The molecule has 0 saturated carbocycles. The van der Waals surface area contributed by atoms with Crippen LogP contribution in [0, 0.1) is 25.5 Å². The zero-order valence-corrected chi connectivity index (χ0v) is 15.4. The van der Waals surface area contributed by atoms with Gasteiger partial charge in [-0.2, -0.15) is 18.3 Å². The molecule has 0 fully saturated rings. The number of carbonyl (C=O) groups excluding carboxylic acids is 1. The number of carbonyl (C=O) groups is 1. The highest BCUT2D eigenvalue weighted by atomic mass is 19.4. The van der Waals surface area contributed by atoms with Crippen LogP contribution in [-0.2, 0) is 12.7 Å². The van der Waals surface area contributed by atoms with Crippen LogP contribution >= 0.6 is 0 Å². The molecular formula is C20H16F5N3O. The Balaban J connectivity index is 1.85. The van der Waals surface area contributed by atoms with Gasteiger partial charge in [-0.15, -0.1) is 0 Å². The van der Waals surface area contributed by atoms with Crippen molar-refractivity contribution in [1.82, 2.24) is 15.1 Å². The van der Waals surface area contributed by atoms with E-state index in [-0.39, 0.29) is 11.1 Å². The van der Waals surface area contributed by atoms with Gasteiger partial charge in [0.25, 0.3) is 5.91 Å². The fourth-order valence-electron chi connectivity index (χ4n) is 3.04. The molecule has 1 N–H and O–H groups in total. The van der Waals surface area contributed by atoms with Gasteiger partial charge in [-0.1, -0.05) is 6.07 Å². The number of rotatable bonds is 4. The van der Waals surface area contributed by atoms with Gasteiger partial charge in [0.1, 0.15) is 11.6 Å². The number of alkyl halides is 3. The van der Waals surface area contributed by atoms with Crippen molar-refractivity contribution in [1.29, 1.82) is 0 Å². The Morgan fingerprint density at radius 1 is 1.03 bits per heavy atom. The monoisotopic (exact) mass is 409 g/mol. The summed E-state index contributed by atoms with van der Waals surface area (Å²) >= 11 is 0. The lowest BCUT2D eigenvalue weighted by Gasteiger charge is -2.14. The topological polar surface area (TPSA) is 46.9 Å². The van der Waals surface area contributed by atoms with Gasteiger partial charge >= 0.3 is 6.18 Å². The summed E-state index contributed by atoms with van der Waals surface area (Å²) in [7, 11) is 0. The Morgan fingerprint density at radius 3 is 2.28 bits per heavy atom. The van der Waals surface area contributed by atoms with Crippen molar-refractivity contribution < 1.29 is 26.7 Å². The van der Waals surface area contributed by atoms with Gasteiger partial charge in [0.15, 0.2) is 0 Å². The van der Waals surface area contributed by atoms with Gasteiger partial charge in [0.05, 0.1) is 28.2 Å². The number of hydrogen-bond acceptors (Lipinski definition) is 2. The fourth-order valence-corrected chi connectivity index (χ4v) is 3.04. The van der Waals surface area contributed by atoms with E-state index in [1.54, 1.807) is 13.8 Å². The lowest BCUT2D eigenvalue weighted by atomic mass is 10.1. The molecule has 152 valence electrons. The molecule has 0 aliphatic carbocycles. The van der Waals surface area contributed by atoms with Gasteiger partial charge in [-0.25, -0.2) is 13.5 Å². The average Bonchev–Trinajstić information content (AvgIpc) is 2.94. The molecule has 0 spiro atoms. The largest absolute Gasteiger partial charge is 0.416 e. The summed E-state index contributed by atoms with van der Waals surface area (Å²) in [5.41, 5.74) is 0.136. The minimum absolute atomic E-state index is 0.199. The van der Waals surface area contributed by atoms with Crippen molar-refractivity contribution in [3.8, 4) is 5.69 Å². The first kappa shape index (κ1) is 20.5. The number of benzene rings is 2. The smallest absolute Gasteiger partial charge is 0.348 e. The Kier molecular flexibility index (Phi) is 5.41.